The van der Waals surface area contributed by atoms with Gasteiger partial charge >= 0.3 is 0 Å². The van der Waals surface area contributed by atoms with Gasteiger partial charge in [-0.1, -0.05) is 11.6 Å². The highest BCUT2D eigenvalue weighted by Gasteiger charge is 2.20. The average molecular weight is 257 g/mol. The number of hydrogen-bond donors (Lipinski definition) is 2. The second-order valence-electron chi connectivity index (χ2n) is 3.76. The van der Waals surface area contributed by atoms with Crippen LogP contribution in [0.1, 0.15) is 18.0 Å². The van der Waals surface area contributed by atoms with E-state index in [0.717, 1.165) is 6.42 Å². The van der Waals surface area contributed by atoms with Crippen molar-refractivity contribution in [2.45, 2.75) is 12.5 Å². The SMILES string of the molecule is NC(=O)C(N)c1cc(Cl)c2c(c1)OCCCO2. The van der Waals surface area contributed by atoms with E-state index in [9.17, 15) is 4.79 Å². The van der Waals surface area contributed by atoms with Crippen LogP contribution in [0, 0.1) is 0 Å². The Labute approximate surface area is 104 Å². The molecule has 92 valence electrons. The van der Waals surface area contributed by atoms with Crippen LogP contribution in [0.3, 0.4) is 0 Å². The molecular weight excluding hydrogens is 244 g/mol. The molecule has 0 aliphatic carbocycles. The first-order chi connectivity index (χ1) is 8.09. The topological polar surface area (TPSA) is 87.6 Å². The van der Waals surface area contributed by atoms with Gasteiger partial charge in [-0.25, -0.2) is 0 Å². The molecule has 0 bridgehead atoms. The van der Waals surface area contributed by atoms with Crippen molar-refractivity contribution in [2.24, 2.45) is 11.5 Å². The maximum Gasteiger partial charge on any atom is 0.238 e. The summed E-state index contributed by atoms with van der Waals surface area (Å²) in [7, 11) is 0. The van der Waals surface area contributed by atoms with Crippen LogP contribution in [-0.4, -0.2) is 19.1 Å². The largest absolute Gasteiger partial charge is 0.489 e. The van der Waals surface area contributed by atoms with Gasteiger partial charge in [0.15, 0.2) is 11.5 Å². The summed E-state index contributed by atoms with van der Waals surface area (Å²) in [5.74, 6) is 0.377. The summed E-state index contributed by atoms with van der Waals surface area (Å²) in [6, 6.07) is 2.32. The third-order valence-corrected chi connectivity index (χ3v) is 2.77. The molecule has 1 aliphatic rings. The van der Waals surface area contributed by atoms with Crippen LogP contribution in [0.2, 0.25) is 5.02 Å². The first-order valence-corrected chi connectivity index (χ1v) is 5.61. The van der Waals surface area contributed by atoms with Gasteiger partial charge in [0.1, 0.15) is 6.04 Å². The highest BCUT2D eigenvalue weighted by Crippen LogP contribution is 2.38. The predicted molar refractivity (Wildman–Crippen MR) is 63.2 cm³/mol. The van der Waals surface area contributed by atoms with E-state index in [1.165, 1.54) is 0 Å². The van der Waals surface area contributed by atoms with Gasteiger partial charge in [-0.05, 0) is 17.7 Å². The fraction of sp³-hybridized carbons (Fsp3) is 0.364. The first kappa shape index (κ1) is 12.0. The Kier molecular flexibility index (Phi) is 3.40. The summed E-state index contributed by atoms with van der Waals surface area (Å²) in [5.41, 5.74) is 11.3. The van der Waals surface area contributed by atoms with Crippen LogP contribution in [0.25, 0.3) is 0 Å². The minimum absolute atomic E-state index is 0.371. The molecule has 1 unspecified atom stereocenters. The molecule has 0 saturated heterocycles. The summed E-state index contributed by atoms with van der Waals surface area (Å²) >= 11 is 6.06. The van der Waals surface area contributed by atoms with Gasteiger partial charge in [0.2, 0.25) is 5.91 Å². The zero-order valence-corrected chi connectivity index (χ0v) is 9.87. The minimum atomic E-state index is -0.898. The Balaban J connectivity index is 2.42. The van der Waals surface area contributed by atoms with E-state index in [4.69, 9.17) is 32.5 Å². The zero-order valence-electron chi connectivity index (χ0n) is 9.11. The van der Waals surface area contributed by atoms with Crippen molar-refractivity contribution in [3.63, 3.8) is 0 Å². The molecule has 5 nitrogen and oxygen atoms in total. The Hall–Kier alpha value is -1.46. The number of ether oxygens (including phenoxy) is 2. The number of rotatable bonds is 2. The van der Waals surface area contributed by atoms with Crippen molar-refractivity contribution in [1.82, 2.24) is 0 Å². The fourth-order valence-corrected chi connectivity index (χ4v) is 1.87. The highest BCUT2D eigenvalue weighted by molar-refractivity contribution is 6.32. The molecule has 4 N–H and O–H groups in total. The van der Waals surface area contributed by atoms with Gasteiger partial charge in [0.05, 0.1) is 18.2 Å². The molecule has 0 spiro atoms. The monoisotopic (exact) mass is 256 g/mol. The number of fused-ring (bicyclic) bond motifs is 1. The molecule has 17 heavy (non-hydrogen) atoms. The zero-order chi connectivity index (χ0) is 12.4. The van der Waals surface area contributed by atoms with Crippen LogP contribution >= 0.6 is 11.6 Å². The van der Waals surface area contributed by atoms with Gasteiger partial charge < -0.3 is 20.9 Å². The number of hydrogen-bond acceptors (Lipinski definition) is 4. The van der Waals surface area contributed by atoms with Crippen molar-refractivity contribution >= 4 is 17.5 Å². The molecule has 6 heteroatoms. The molecule has 0 radical (unpaired) electrons. The maximum atomic E-state index is 11.0. The Morgan fingerprint density at radius 1 is 1.35 bits per heavy atom. The number of halogens is 1. The molecule has 0 saturated carbocycles. The number of benzene rings is 1. The third-order valence-electron chi connectivity index (χ3n) is 2.49. The van der Waals surface area contributed by atoms with E-state index >= 15 is 0 Å². The number of carbonyl (C=O) groups is 1. The van der Waals surface area contributed by atoms with Gasteiger partial charge in [-0.3, -0.25) is 4.79 Å². The lowest BCUT2D eigenvalue weighted by Gasteiger charge is -2.14. The van der Waals surface area contributed by atoms with E-state index in [1.54, 1.807) is 12.1 Å². The van der Waals surface area contributed by atoms with E-state index < -0.39 is 11.9 Å². The first-order valence-electron chi connectivity index (χ1n) is 5.23. The third kappa shape index (κ3) is 2.45. The Morgan fingerprint density at radius 3 is 2.76 bits per heavy atom. The van der Waals surface area contributed by atoms with Crippen molar-refractivity contribution in [3.8, 4) is 11.5 Å². The number of amides is 1. The van der Waals surface area contributed by atoms with Crippen molar-refractivity contribution < 1.29 is 14.3 Å². The lowest BCUT2D eigenvalue weighted by Crippen LogP contribution is -2.28. The van der Waals surface area contributed by atoms with Gasteiger partial charge in [-0.15, -0.1) is 0 Å². The quantitative estimate of drug-likeness (QED) is 0.826. The van der Waals surface area contributed by atoms with Crippen molar-refractivity contribution in [3.05, 3.63) is 22.7 Å². The molecule has 1 aromatic rings. The standard InChI is InChI=1S/C11H13ClN2O3/c12-7-4-6(9(13)11(14)15)5-8-10(7)17-3-1-2-16-8/h4-5,9H,1-3,13H2,(H2,14,15). The molecule has 0 aromatic heterocycles. The molecule has 1 heterocycles. The second-order valence-corrected chi connectivity index (χ2v) is 4.17. The molecule has 0 fully saturated rings. The molecule has 1 aliphatic heterocycles. The smallest absolute Gasteiger partial charge is 0.238 e. The number of carbonyl (C=O) groups excluding carboxylic acids is 1. The van der Waals surface area contributed by atoms with Crippen LogP contribution in [-0.2, 0) is 4.79 Å². The number of nitrogens with two attached hydrogens (primary N) is 2. The van der Waals surface area contributed by atoms with E-state index in [-0.39, 0.29) is 0 Å². The van der Waals surface area contributed by atoms with Gasteiger partial charge in [-0.2, -0.15) is 0 Å². The molecule has 1 amide bonds. The van der Waals surface area contributed by atoms with Crippen LogP contribution < -0.4 is 20.9 Å². The predicted octanol–water partition coefficient (Wildman–Crippen LogP) is 0.986. The lowest BCUT2D eigenvalue weighted by atomic mass is 10.1. The van der Waals surface area contributed by atoms with Crippen LogP contribution in [0.15, 0.2) is 12.1 Å². The molecule has 1 aromatic carbocycles. The van der Waals surface area contributed by atoms with Crippen LogP contribution in [0.4, 0.5) is 0 Å². The van der Waals surface area contributed by atoms with E-state index in [0.29, 0.717) is 35.3 Å². The van der Waals surface area contributed by atoms with Gasteiger partial charge in [0.25, 0.3) is 0 Å². The molecule has 1 atom stereocenters. The summed E-state index contributed by atoms with van der Waals surface area (Å²) in [5, 5.41) is 0.371. The summed E-state index contributed by atoms with van der Waals surface area (Å²) < 4.78 is 10.9. The summed E-state index contributed by atoms with van der Waals surface area (Å²) in [4.78, 5) is 11.0. The fourth-order valence-electron chi connectivity index (χ4n) is 1.59. The normalized spacial score (nSPS) is 16.1. The highest BCUT2D eigenvalue weighted by atomic mass is 35.5. The molecule has 2 rings (SSSR count). The minimum Gasteiger partial charge on any atom is -0.489 e. The van der Waals surface area contributed by atoms with E-state index in [1.807, 2.05) is 0 Å². The second kappa shape index (κ2) is 4.81. The van der Waals surface area contributed by atoms with E-state index in [2.05, 4.69) is 0 Å². The van der Waals surface area contributed by atoms with Crippen molar-refractivity contribution in [1.29, 1.82) is 0 Å². The van der Waals surface area contributed by atoms with Crippen LogP contribution in [0.5, 0.6) is 11.5 Å². The average Bonchev–Trinajstić information content (AvgIpc) is 2.53. The maximum absolute atomic E-state index is 11.0. The summed E-state index contributed by atoms with van der Waals surface area (Å²) in [6.07, 6.45) is 0.780. The number of primary amides is 1. The summed E-state index contributed by atoms with van der Waals surface area (Å²) in [6.45, 7) is 1.09. The molecular formula is C11H13ClN2O3. The van der Waals surface area contributed by atoms with Gasteiger partial charge in [0, 0.05) is 6.42 Å². The van der Waals surface area contributed by atoms with Crippen molar-refractivity contribution in [2.75, 3.05) is 13.2 Å². The Bertz CT molecular complexity index is 451. The Morgan fingerprint density at radius 2 is 2.06 bits per heavy atom. The lowest BCUT2D eigenvalue weighted by molar-refractivity contribution is -0.119.